The normalized spacial score (nSPS) is 15.9. The first-order valence-electron chi connectivity index (χ1n) is 12.6. The summed E-state index contributed by atoms with van der Waals surface area (Å²) in [5.74, 6) is 0.213. The van der Waals surface area contributed by atoms with Gasteiger partial charge in [-0.15, -0.1) is 0 Å². The molecule has 166 valence electrons. The number of esters is 1. The Hall–Kier alpha value is -0.570. The summed E-state index contributed by atoms with van der Waals surface area (Å²) in [5.41, 5.74) is 0. The minimum Gasteiger partial charge on any atom is -0.465 e. The molecule has 1 fully saturated rings. The fraction of sp³-hybridized carbons (Fsp3) is 0.960. The van der Waals surface area contributed by atoms with Gasteiger partial charge in [0.2, 0.25) is 0 Å². The van der Waals surface area contributed by atoms with E-state index in [1.165, 1.54) is 89.9 Å². The molecule has 0 N–H and O–H groups in total. The van der Waals surface area contributed by atoms with E-state index in [9.17, 15) is 4.79 Å². The molecule has 1 rings (SSSR count). The Bertz CT molecular complexity index is 336. The van der Waals surface area contributed by atoms with E-state index in [-0.39, 0.29) is 11.9 Å². The monoisotopic (exact) mass is 396 g/mol. The molecule has 0 bridgehead atoms. The highest BCUT2D eigenvalue weighted by Crippen LogP contribution is 2.21. The lowest BCUT2D eigenvalue weighted by Gasteiger charge is -2.16. The number of hydrogen-bond acceptors (Lipinski definition) is 3. The molecule has 0 aromatic carbocycles. The smallest absolute Gasteiger partial charge is 0.308 e. The molecule has 0 saturated carbocycles. The van der Waals surface area contributed by atoms with Crippen molar-refractivity contribution in [1.82, 2.24) is 0 Å². The standard InChI is InChI=1S/C25H48O3/c1-3-5-7-9-11-14-18-23(19-15-12-10-8-6-4-2)25(26)27-21-17-13-16-20-24-22-28-24/h23-24H,3-22H2,1-2H3. The molecule has 3 heteroatoms. The summed E-state index contributed by atoms with van der Waals surface area (Å²) < 4.78 is 10.9. The van der Waals surface area contributed by atoms with Gasteiger partial charge in [-0.2, -0.15) is 0 Å². The molecule has 0 aromatic heterocycles. The van der Waals surface area contributed by atoms with Crippen molar-refractivity contribution in [1.29, 1.82) is 0 Å². The first-order chi connectivity index (χ1) is 13.8. The molecule has 0 amide bonds. The van der Waals surface area contributed by atoms with Gasteiger partial charge >= 0.3 is 5.97 Å². The quantitative estimate of drug-likeness (QED) is 0.114. The van der Waals surface area contributed by atoms with E-state index in [0.717, 1.165) is 32.3 Å². The van der Waals surface area contributed by atoms with Gasteiger partial charge in [0.25, 0.3) is 0 Å². The van der Waals surface area contributed by atoms with Crippen LogP contribution in [-0.2, 0) is 14.3 Å². The maximum absolute atomic E-state index is 12.6. The van der Waals surface area contributed by atoms with Gasteiger partial charge in [0.05, 0.1) is 25.2 Å². The Kier molecular flexibility index (Phi) is 16.8. The Balaban J connectivity index is 2.15. The first-order valence-corrected chi connectivity index (χ1v) is 12.6. The van der Waals surface area contributed by atoms with Crippen molar-refractivity contribution in [3.05, 3.63) is 0 Å². The van der Waals surface area contributed by atoms with Crippen LogP contribution < -0.4 is 0 Å². The van der Waals surface area contributed by atoms with Gasteiger partial charge in [-0.25, -0.2) is 0 Å². The number of rotatable bonds is 21. The van der Waals surface area contributed by atoms with Gasteiger partial charge in [-0.3, -0.25) is 4.79 Å². The highest BCUT2D eigenvalue weighted by atomic mass is 16.6. The van der Waals surface area contributed by atoms with Crippen molar-refractivity contribution in [3.63, 3.8) is 0 Å². The van der Waals surface area contributed by atoms with Crippen LogP contribution in [0.2, 0.25) is 0 Å². The molecule has 0 aromatic rings. The van der Waals surface area contributed by atoms with Crippen LogP contribution in [0.3, 0.4) is 0 Å². The Morgan fingerprint density at radius 3 is 1.82 bits per heavy atom. The topological polar surface area (TPSA) is 38.8 Å². The second kappa shape index (κ2) is 18.5. The fourth-order valence-electron chi connectivity index (χ4n) is 3.90. The van der Waals surface area contributed by atoms with E-state index >= 15 is 0 Å². The summed E-state index contributed by atoms with van der Waals surface area (Å²) in [7, 11) is 0. The number of hydrogen-bond donors (Lipinski definition) is 0. The molecule has 0 spiro atoms. The van der Waals surface area contributed by atoms with Gasteiger partial charge in [-0.05, 0) is 32.1 Å². The summed E-state index contributed by atoms with van der Waals surface area (Å²) >= 11 is 0. The van der Waals surface area contributed by atoms with Crippen molar-refractivity contribution < 1.29 is 14.3 Å². The molecule has 1 heterocycles. The van der Waals surface area contributed by atoms with Crippen molar-refractivity contribution in [3.8, 4) is 0 Å². The summed E-state index contributed by atoms with van der Waals surface area (Å²) in [6.07, 6.45) is 22.6. The van der Waals surface area contributed by atoms with E-state index in [0.29, 0.717) is 12.7 Å². The highest BCUT2D eigenvalue weighted by molar-refractivity contribution is 5.72. The number of carbonyl (C=O) groups is 1. The lowest BCUT2D eigenvalue weighted by molar-refractivity contribution is -0.149. The molecule has 1 saturated heterocycles. The van der Waals surface area contributed by atoms with Gasteiger partial charge in [0.15, 0.2) is 0 Å². The minimum atomic E-state index is 0.0765. The van der Waals surface area contributed by atoms with E-state index in [2.05, 4.69) is 13.8 Å². The van der Waals surface area contributed by atoms with Crippen LogP contribution in [0.5, 0.6) is 0 Å². The second-order valence-electron chi connectivity index (χ2n) is 8.78. The van der Waals surface area contributed by atoms with Gasteiger partial charge in [0, 0.05) is 0 Å². The third kappa shape index (κ3) is 15.4. The molecular formula is C25H48O3. The van der Waals surface area contributed by atoms with Crippen LogP contribution in [0.15, 0.2) is 0 Å². The molecule has 1 aliphatic heterocycles. The van der Waals surface area contributed by atoms with E-state index in [1.54, 1.807) is 0 Å². The van der Waals surface area contributed by atoms with Crippen LogP contribution in [0, 0.1) is 5.92 Å². The Morgan fingerprint density at radius 2 is 1.29 bits per heavy atom. The zero-order valence-corrected chi connectivity index (χ0v) is 19.0. The number of unbranched alkanes of at least 4 members (excludes halogenated alkanes) is 12. The summed E-state index contributed by atoms with van der Waals surface area (Å²) in [5, 5.41) is 0. The average molecular weight is 397 g/mol. The molecule has 0 aliphatic carbocycles. The van der Waals surface area contributed by atoms with E-state index in [4.69, 9.17) is 9.47 Å². The van der Waals surface area contributed by atoms with Crippen molar-refractivity contribution in [2.24, 2.45) is 5.92 Å². The Morgan fingerprint density at radius 1 is 0.786 bits per heavy atom. The summed E-state index contributed by atoms with van der Waals surface area (Å²) in [4.78, 5) is 12.6. The number of ether oxygens (including phenoxy) is 2. The van der Waals surface area contributed by atoms with Crippen LogP contribution in [0.4, 0.5) is 0 Å². The molecule has 3 nitrogen and oxygen atoms in total. The predicted octanol–water partition coefficient (Wildman–Crippen LogP) is 7.61. The maximum Gasteiger partial charge on any atom is 0.308 e. The van der Waals surface area contributed by atoms with E-state index in [1.807, 2.05) is 0 Å². The van der Waals surface area contributed by atoms with Crippen molar-refractivity contribution in [2.75, 3.05) is 13.2 Å². The lowest BCUT2D eigenvalue weighted by atomic mass is 9.94. The number of carbonyl (C=O) groups excluding carboxylic acids is 1. The van der Waals surface area contributed by atoms with Crippen LogP contribution >= 0.6 is 0 Å². The average Bonchev–Trinajstić information content (AvgIpc) is 3.52. The summed E-state index contributed by atoms with van der Waals surface area (Å²) in [6.45, 7) is 6.07. The highest BCUT2D eigenvalue weighted by Gasteiger charge is 2.21. The zero-order valence-electron chi connectivity index (χ0n) is 19.0. The van der Waals surface area contributed by atoms with Crippen LogP contribution in [0.1, 0.15) is 129 Å². The van der Waals surface area contributed by atoms with Crippen LogP contribution in [0.25, 0.3) is 0 Å². The first kappa shape index (κ1) is 25.5. The van der Waals surface area contributed by atoms with Gasteiger partial charge in [-0.1, -0.05) is 97.3 Å². The molecule has 0 radical (unpaired) electrons. The zero-order chi connectivity index (χ0) is 20.3. The maximum atomic E-state index is 12.6. The van der Waals surface area contributed by atoms with Crippen molar-refractivity contribution in [2.45, 2.75) is 136 Å². The minimum absolute atomic E-state index is 0.0765. The Labute approximate surface area is 175 Å². The van der Waals surface area contributed by atoms with E-state index < -0.39 is 0 Å². The van der Waals surface area contributed by atoms with Gasteiger partial charge in [0.1, 0.15) is 0 Å². The third-order valence-corrected chi connectivity index (χ3v) is 5.96. The molecule has 1 atom stereocenters. The lowest BCUT2D eigenvalue weighted by Crippen LogP contribution is -2.18. The second-order valence-corrected chi connectivity index (χ2v) is 8.78. The number of epoxide rings is 1. The largest absolute Gasteiger partial charge is 0.465 e. The molecule has 1 aliphatic rings. The SMILES string of the molecule is CCCCCCCCC(CCCCCCCC)C(=O)OCCCCCC1CO1. The molecular weight excluding hydrogens is 348 g/mol. The molecule has 1 unspecified atom stereocenters. The third-order valence-electron chi connectivity index (χ3n) is 5.96. The predicted molar refractivity (Wildman–Crippen MR) is 119 cm³/mol. The summed E-state index contributed by atoms with van der Waals surface area (Å²) in [6, 6.07) is 0. The fourth-order valence-corrected chi connectivity index (χ4v) is 3.90. The molecule has 28 heavy (non-hydrogen) atoms. The van der Waals surface area contributed by atoms with Crippen molar-refractivity contribution >= 4 is 5.97 Å². The van der Waals surface area contributed by atoms with Crippen LogP contribution in [-0.4, -0.2) is 25.3 Å². The van der Waals surface area contributed by atoms with Gasteiger partial charge < -0.3 is 9.47 Å².